The Labute approximate surface area is 81.0 Å². The van der Waals surface area contributed by atoms with Crippen LogP contribution in [0, 0.1) is 11.8 Å². The van der Waals surface area contributed by atoms with Crippen LogP contribution in [0.25, 0.3) is 0 Å². The van der Waals surface area contributed by atoms with Crippen molar-refractivity contribution in [3.05, 3.63) is 0 Å². The molecule has 1 aliphatic carbocycles. The van der Waals surface area contributed by atoms with E-state index >= 15 is 0 Å². The predicted octanol–water partition coefficient (Wildman–Crippen LogP) is 1.80. The van der Waals surface area contributed by atoms with Crippen molar-refractivity contribution in [3.8, 4) is 0 Å². The maximum Gasteiger partial charge on any atom is 0.0639 e. The summed E-state index contributed by atoms with van der Waals surface area (Å²) < 4.78 is 5.65. The Hall–Kier alpha value is -0.0800. The lowest BCUT2D eigenvalue weighted by molar-refractivity contribution is -0.0280. The Morgan fingerprint density at radius 2 is 1.92 bits per heavy atom. The van der Waals surface area contributed by atoms with Crippen LogP contribution in [0.4, 0.5) is 0 Å². The fraction of sp³-hybridized carbons (Fsp3) is 1.00. The number of nitrogens with one attached hydrogen (secondary N) is 1. The van der Waals surface area contributed by atoms with Gasteiger partial charge in [-0.1, -0.05) is 6.42 Å². The molecule has 2 fully saturated rings. The Morgan fingerprint density at radius 3 is 2.38 bits per heavy atom. The first-order chi connectivity index (χ1) is 6.42. The Kier molecular flexibility index (Phi) is 3.23. The minimum atomic E-state index is 0.543. The van der Waals surface area contributed by atoms with Gasteiger partial charge in [0.25, 0.3) is 0 Å². The van der Waals surface area contributed by atoms with E-state index in [4.69, 9.17) is 4.74 Å². The normalized spacial score (nSPS) is 32.5. The van der Waals surface area contributed by atoms with Crippen LogP contribution in [-0.2, 0) is 4.74 Å². The van der Waals surface area contributed by atoms with E-state index in [0.29, 0.717) is 6.10 Å². The van der Waals surface area contributed by atoms with E-state index < -0.39 is 0 Å². The van der Waals surface area contributed by atoms with Gasteiger partial charge in [0.1, 0.15) is 0 Å². The molecule has 1 saturated heterocycles. The van der Waals surface area contributed by atoms with Crippen molar-refractivity contribution in [2.75, 3.05) is 20.2 Å². The molecule has 2 atom stereocenters. The van der Waals surface area contributed by atoms with Crippen molar-refractivity contribution in [2.24, 2.45) is 11.8 Å². The summed E-state index contributed by atoms with van der Waals surface area (Å²) in [6.45, 7) is 2.38. The van der Waals surface area contributed by atoms with Crippen LogP contribution in [0.15, 0.2) is 0 Å². The van der Waals surface area contributed by atoms with Gasteiger partial charge in [-0.2, -0.15) is 0 Å². The Bertz CT molecular complexity index is 150. The number of hydrogen-bond donors (Lipinski definition) is 1. The standard InChI is InChI=1S/C11H21NO/c1-13-11(9-4-2-5-9)10-6-3-7-12-8-10/h9-12H,2-8H2,1H3. The average Bonchev–Trinajstić information content (AvgIpc) is 2.12. The lowest BCUT2D eigenvalue weighted by atomic mass is 9.75. The molecule has 0 radical (unpaired) electrons. The van der Waals surface area contributed by atoms with Crippen LogP contribution < -0.4 is 5.32 Å². The molecule has 1 heterocycles. The first-order valence-corrected chi connectivity index (χ1v) is 5.65. The highest BCUT2D eigenvalue weighted by Gasteiger charge is 2.33. The van der Waals surface area contributed by atoms with Crippen molar-refractivity contribution < 1.29 is 4.74 Å². The molecular weight excluding hydrogens is 162 g/mol. The molecule has 0 aromatic carbocycles. The highest BCUT2D eigenvalue weighted by Crippen LogP contribution is 2.35. The molecule has 1 aliphatic heterocycles. The largest absolute Gasteiger partial charge is 0.381 e. The van der Waals surface area contributed by atoms with Gasteiger partial charge < -0.3 is 10.1 Å². The number of ether oxygens (including phenoxy) is 1. The molecule has 0 bridgehead atoms. The minimum absolute atomic E-state index is 0.543. The van der Waals surface area contributed by atoms with Gasteiger partial charge in [0.2, 0.25) is 0 Å². The zero-order valence-corrected chi connectivity index (χ0v) is 8.59. The van der Waals surface area contributed by atoms with Crippen LogP contribution in [0.5, 0.6) is 0 Å². The van der Waals surface area contributed by atoms with E-state index in [2.05, 4.69) is 5.32 Å². The minimum Gasteiger partial charge on any atom is -0.381 e. The predicted molar refractivity (Wildman–Crippen MR) is 53.7 cm³/mol. The second kappa shape index (κ2) is 4.43. The SMILES string of the molecule is COC(C1CCC1)C1CCCNC1. The van der Waals surface area contributed by atoms with Gasteiger partial charge in [-0.3, -0.25) is 0 Å². The van der Waals surface area contributed by atoms with E-state index in [0.717, 1.165) is 11.8 Å². The molecule has 0 aromatic heterocycles. The summed E-state index contributed by atoms with van der Waals surface area (Å²) in [4.78, 5) is 0. The average molecular weight is 183 g/mol. The van der Waals surface area contributed by atoms with E-state index in [-0.39, 0.29) is 0 Å². The molecule has 1 saturated carbocycles. The van der Waals surface area contributed by atoms with Gasteiger partial charge >= 0.3 is 0 Å². The van der Waals surface area contributed by atoms with Gasteiger partial charge in [-0.15, -0.1) is 0 Å². The highest BCUT2D eigenvalue weighted by molar-refractivity contribution is 4.85. The van der Waals surface area contributed by atoms with Gasteiger partial charge in [-0.05, 0) is 44.1 Å². The third kappa shape index (κ3) is 2.05. The van der Waals surface area contributed by atoms with Crippen LogP contribution in [0.3, 0.4) is 0 Å². The second-order valence-corrected chi connectivity index (χ2v) is 4.50. The summed E-state index contributed by atoms with van der Waals surface area (Å²) in [5.74, 6) is 1.65. The van der Waals surface area contributed by atoms with Crippen LogP contribution in [0.2, 0.25) is 0 Å². The van der Waals surface area contributed by atoms with Crippen LogP contribution in [0.1, 0.15) is 32.1 Å². The topological polar surface area (TPSA) is 21.3 Å². The summed E-state index contributed by atoms with van der Waals surface area (Å²) in [6.07, 6.45) is 7.45. The third-order valence-corrected chi connectivity index (χ3v) is 3.69. The van der Waals surface area contributed by atoms with Gasteiger partial charge in [0.15, 0.2) is 0 Å². The lowest BCUT2D eigenvalue weighted by Gasteiger charge is -2.39. The maximum atomic E-state index is 5.65. The summed E-state index contributed by atoms with van der Waals surface area (Å²) in [5, 5.41) is 3.47. The molecule has 0 amide bonds. The van der Waals surface area contributed by atoms with Crippen molar-refractivity contribution >= 4 is 0 Å². The first-order valence-electron chi connectivity index (χ1n) is 5.65. The van der Waals surface area contributed by atoms with Crippen molar-refractivity contribution in [2.45, 2.75) is 38.2 Å². The number of hydrogen-bond acceptors (Lipinski definition) is 2. The quantitative estimate of drug-likeness (QED) is 0.720. The van der Waals surface area contributed by atoms with Crippen molar-refractivity contribution in [1.29, 1.82) is 0 Å². The summed E-state index contributed by atoms with van der Waals surface area (Å²) in [5.41, 5.74) is 0. The van der Waals surface area contributed by atoms with Crippen molar-refractivity contribution in [3.63, 3.8) is 0 Å². The van der Waals surface area contributed by atoms with Crippen LogP contribution >= 0.6 is 0 Å². The summed E-state index contributed by atoms with van der Waals surface area (Å²) in [7, 11) is 1.89. The van der Waals surface area contributed by atoms with Crippen LogP contribution in [-0.4, -0.2) is 26.3 Å². The maximum absolute atomic E-state index is 5.65. The van der Waals surface area contributed by atoms with Gasteiger partial charge in [0.05, 0.1) is 6.10 Å². The van der Waals surface area contributed by atoms with Crippen molar-refractivity contribution in [1.82, 2.24) is 5.32 Å². The molecule has 2 rings (SSSR count). The molecule has 2 heteroatoms. The number of rotatable bonds is 3. The first kappa shape index (κ1) is 9.47. The molecule has 2 aliphatic rings. The molecule has 2 nitrogen and oxygen atoms in total. The molecule has 0 aromatic rings. The molecule has 2 unspecified atom stereocenters. The number of methoxy groups -OCH3 is 1. The number of piperidine rings is 1. The van der Waals surface area contributed by atoms with Gasteiger partial charge in [0, 0.05) is 13.7 Å². The fourth-order valence-electron chi connectivity index (χ4n) is 2.70. The molecule has 13 heavy (non-hydrogen) atoms. The molecule has 1 N–H and O–H groups in total. The smallest absolute Gasteiger partial charge is 0.0639 e. The van der Waals surface area contributed by atoms with E-state index in [1.807, 2.05) is 7.11 Å². The van der Waals surface area contributed by atoms with E-state index in [1.165, 1.54) is 45.2 Å². The molecular formula is C11H21NO. The van der Waals surface area contributed by atoms with E-state index in [9.17, 15) is 0 Å². The fourth-order valence-corrected chi connectivity index (χ4v) is 2.70. The highest BCUT2D eigenvalue weighted by atomic mass is 16.5. The van der Waals surface area contributed by atoms with E-state index in [1.54, 1.807) is 0 Å². The lowest BCUT2D eigenvalue weighted by Crippen LogP contribution is -2.43. The zero-order chi connectivity index (χ0) is 9.10. The zero-order valence-electron chi connectivity index (χ0n) is 8.59. The summed E-state index contributed by atoms with van der Waals surface area (Å²) in [6, 6.07) is 0. The monoisotopic (exact) mass is 183 g/mol. The Balaban J connectivity index is 1.86. The second-order valence-electron chi connectivity index (χ2n) is 4.50. The molecule has 0 spiro atoms. The van der Waals surface area contributed by atoms with Gasteiger partial charge in [-0.25, -0.2) is 0 Å². The molecule has 76 valence electrons. The summed E-state index contributed by atoms with van der Waals surface area (Å²) >= 11 is 0. The Morgan fingerprint density at radius 1 is 1.15 bits per heavy atom. The third-order valence-electron chi connectivity index (χ3n) is 3.69.